The van der Waals surface area contributed by atoms with Gasteiger partial charge in [-0.05, 0) is 22.4 Å². The summed E-state index contributed by atoms with van der Waals surface area (Å²) in [5, 5.41) is 11.0. The number of thiazole rings is 1. The third-order valence-electron chi connectivity index (χ3n) is 2.81. The van der Waals surface area contributed by atoms with Gasteiger partial charge in [-0.25, -0.2) is 4.98 Å². The molecule has 0 spiro atoms. The highest BCUT2D eigenvalue weighted by Crippen LogP contribution is 2.21. The minimum absolute atomic E-state index is 0.827. The van der Waals surface area contributed by atoms with Gasteiger partial charge in [0.2, 0.25) is 0 Å². The molecule has 1 N–H and O–H groups in total. The van der Waals surface area contributed by atoms with Gasteiger partial charge in [-0.3, -0.25) is 0 Å². The maximum Gasteiger partial charge on any atom is 0.107 e. The van der Waals surface area contributed by atoms with Gasteiger partial charge in [0.1, 0.15) is 5.01 Å². The van der Waals surface area contributed by atoms with Crippen molar-refractivity contribution < 1.29 is 0 Å². The van der Waals surface area contributed by atoms with E-state index in [4.69, 9.17) is 0 Å². The highest BCUT2D eigenvalue weighted by Gasteiger charge is 2.03. The first-order chi connectivity index (χ1) is 9.42. The molecule has 2 aromatic heterocycles. The molecule has 3 rings (SSSR count). The molecule has 0 saturated heterocycles. The summed E-state index contributed by atoms with van der Waals surface area (Å²) < 4.78 is 0. The minimum Gasteiger partial charge on any atom is -0.306 e. The number of benzene rings is 1. The zero-order valence-corrected chi connectivity index (χ0v) is 12.0. The molecule has 0 unspecified atom stereocenters. The number of rotatable bonds is 5. The first-order valence-corrected chi connectivity index (χ1v) is 7.96. The Hall–Kier alpha value is -1.49. The monoisotopic (exact) mass is 286 g/mol. The highest BCUT2D eigenvalue weighted by molar-refractivity contribution is 7.10. The van der Waals surface area contributed by atoms with Crippen molar-refractivity contribution in [1.82, 2.24) is 10.3 Å². The van der Waals surface area contributed by atoms with Gasteiger partial charge < -0.3 is 5.32 Å². The summed E-state index contributed by atoms with van der Waals surface area (Å²) in [6.45, 7) is 1.73. The van der Waals surface area contributed by atoms with Crippen LogP contribution < -0.4 is 5.32 Å². The van der Waals surface area contributed by atoms with Crippen molar-refractivity contribution in [2.24, 2.45) is 0 Å². The minimum atomic E-state index is 0.827. The van der Waals surface area contributed by atoms with Gasteiger partial charge in [-0.2, -0.15) is 11.3 Å². The van der Waals surface area contributed by atoms with Gasteiger partial charge in [0.25, 0.3) is 0 Å². The molecule has 96 valence electrons. The maximum atomic E-state index is 4.66. The zero-order valence-electron chi connectivity index (χ0n) is 10.4. The summed E-state index contributed by atoms with van der Waals surface area (Å²) in [4.78, 5) is 4.66. The van der Waals surface area contributed by atoms with Crippen LogP contribution in [0, 0.1) is 0 Å². The van der Waals surface area contributed by atoms with E-state index in [1.165, 1.54) is 11.1 Å². The number of hydrogen-bond donors (Lipinski definition) is 1. The second kappa shape index (κ2) is 6.10. The fraction of sp³-hybridized carbons (Fsp3) is 0.133. The van der Waals surface area contributed by atoms with E-state index in [0.29, 0.717) is 0 Å². The smallest absolute Gasteiger partial charge is 0.107 e. The Labute approximate surface area is 120 Å². The number of hydrogen-bond acceptors (Lipinski definition) is 4. The first-order valence-electron chi connectivity index (χ1n) is 6.13. The molecule has 0 radical (unpaired) electrons. The van der Waals surface area contributed by atoms with Crippen LogP contribution in [0.3, 0.4) is 0 Å². The van der Waals surface area contributed by atoms with Gasteiger partial charge >= 0.3 is 0 Å². The average Bonchev–Trinajstić information content (AvgIpc) is 3.11. The summed E-state index contributed by atoms with van der Waals surface area (Å²) >= 11 is 3.44. The summed E-state index contributed by atoms with van der Waals surface area (Å²) in [6.07, 6.45) is 0. The molecule has 0 bridgehead atoms. The van der Waals surface area contributed by atoms with Crippen LogP contribution in [-0.2, 0) is 13.1 Å². The number of nitrogens with one attached hydrogen (secondary N) is 1. The standard InChI is InChI=1S/C15H14N2S2/c1-2-4-13(5-3-1)14-11-19-15(17-14)9-16-8-12-6-7-18-10-12/h1-7,10-11,16H,8-9H2. The van der Waals surface area contributed by atoms with Crippen LogP contribution >= 0.6 is 22.7 Å². The second-order valence-corrected chi connectivity index (χ2v) is 5.95. The van der Waals surface area contributed by atoms with Gasteiger partial charge in [0.05, 0.1) is 5.69 Å². The van der Waals surface area contributed by atoms with Crippen LogP contribution in [0.2, 0.25) is 0 Å². The molecule has 0 atom stereocenters. The fourth-order valence-corrected chi connectivity index (χ4v) is 3.28. The molecule has 0 saturated carbocycles. The predicted molar refractivity (Wildman–Crippen MR) is 82.4 cm³/mol. The molecule has 0 fully saturated rings. The van der Waals surface area contributed by atoms with Crippen molar-refractivity contribution in [3.05, 3.63) is 63.1 Å². The van der Waals surface area contributed by atoms with E-state index >= 15 is 0 Å². The van der Waals surface area contributed by atoms with E-state index in [2.05, 4.69) is 44.6 Å². The van der Waals surface area contributed by atoms with Gasteiger partial charge in [0.15, 0.2) is 0 Å². The molecule has 0 aliphatic carbocycles. The SMILES string of the molecule is c1ccc(-c2csc(CNCc3ccsc3)n2)cc1. The van der Waals surface area contributed by atoms with E-state index in [-0.39, 0.29) is 0 Å². The summed E-state index contributed by atoms with van der Waals surface area (Å²) in [7, 11) is 0. The Bertz CT molecular complexity index is 615. The van der Waals surface area contributed by atoms with E-state index in [9.17, 15) is 0 Å². The van der Waals surface area contributed by atoms with Crippen molar-refractivity contribution >= 4 is 22.7 Å². The van der Waals surface area contributed by atoms with E-state index in [0.717, 1.165) is 23.8 Å². The molecule has 1 aromatic carbocycles. The topological polar surface area (TPSA) is 24.9 Å². The van der Waals surface area contributed by atoms with Crippen LogP contribution in [0.1, 0.15) is 10.6 Å². The average molecular weight is 286 g/mol. The molecular weight excluding hydrogens is 272 g/mol. The predicted octanol–water partition coefficient (Wildman–Crippen LogP) is 4.16. The van der Waals surface area contributed by atoms with Crippen LogP contribution in [-0.4, -0.2) is 4.98 Å². The lowest BCUT2D eigenvalue weighted by Crippen LogP contribution is -2.11. The van der Waals surface area contributed by atoms with Gasteiger partial charge in [0, 0.05) is 24.0 Å². The number of aromatic nitrogens is 1. The van der Waals surface area contributed by atoms with Crippen molar-refractivity contribution in [3.63, 3.8) is 0 Å². The van der Waals surface area contributed by atoms with Crippen molar-refractivity contribution in [2.45, 2.75) is 13.1 Å². The van der Waals surface area contributed by atoms with Crippen LogP contribution in [0.15, 0.2) is 52.5 Å². The van der Waals surface area contributed by atoms with E-state index in [1.54, 1.807) is 22.7 Å². The summed E-state index contributed by atoms with van der Waals surface area (Å²) in [5.41, 5.74) is 3.59. The van der Waals surface area contributed by atoms with Crippen molar-refractivity contribution in [1.29, 1.82) is 0 Å². The molecule has 2 heterocycles. The zero-order chi connectivity index (χ0) is 12.9. The Morgan fingerprint density at radius 1 is 1.00 bits per heavy atom. The lowest BCUT2D eigenvalue weighted by Gasteiger charge is -1.99. The van der Waals surface area contributed by atoms with Gasteiger partial charge in [-0.15, -0.1) is 11.3 Å². The van der Waals surface area contributed by atoms with Crippen LogP contribution in [0.5, 0.6) is 0 Å². The highest BCUT2D eigenvalue weighted by atomic mass is 32.1. The lowest BCUT2D eigenvalue weighted by atomic mass is 10.2. The Morgan fingerprint density at radius 3 is 2.68 bits per heavy atom. The van der Waals surface area contributed by atoms with Crippen molar-refractivity contribution in [2.75, 3.05) is 0 Å². The first kappa shape index (κ1) is 12.5. The van der Waals surface area contributed by atoms with Crippen LogP contribution in [0.4, 0.5) is 0 Å². The van der Waals surface area contributed by atoms with E-state index in [1.807, 2.05) is 18.2 Å². The Kier molecular flexibility index (Phi) is 4.03. The molecular formula is C15H14N2S2. The largest absolute Gasteiger partial charge is 0.306 e. The molecule has 2 nitrogen and oxygen atoms in total. The number of nitrogens with zero attached hydrogens (tertiary/aromatic N) is 1. The Balaban J connectivity index is 1.59. The third-order valence-corrected chi connectivity index (χ3v) is 4.39. The van der Waals surface area contributed by atoms with E-state index < -0.39 is 0 Å². The fourth-order valence-electron chi connectivity index (χ4n) is 1.84. The number of thiophene rings is 1. The Morgan fingerprint density at radius 2 is 1.89 bits per heavy atom. The quantitative estimate of drug-likeness (QED) is 0.761. The summed E-state index contributed by atoms with van der Waals surface area (Å²) in [5.74, 6) is 0. The molecule has 0 aliphatic heterocycles. The maximum absolute atomic E-state index is 4.66. The molecule has 4 heteroatoms. The molecule has 0 aliphatic rings. The molecule has 0 amide bonds. The van der Waals surface area contributed by atoms with Crippen molar-refractivity contribution in [3.8, 4) is 11.3 Å². The lowest BCUT2D eigenvalue weighted by molar-refractivity contribution is 0.692. The van der Waals surface area contributed by atoms with Crippen LogP contribution in [0.25, 0.3) is 11.3 Å². The normalized spacial score (nSPS) is 10.7. The van der Waals surface area contributed by atoms with Gasteiger partial charge in [-0.1, -0.05) is 30.3 Å². The summed E-state index contributed by atoms with van der Waals surface area (Å²) in [6, 6.07) is 12.5. The third kappa shape index (κ3) is 3.29. The molecule has 3 aromatic rings. The molecule has 19 heavy (non-hydrogen) atoms. The second-order valence-electron chi connectivity index (χ2n) is 4.23.